The number of hydrogen-bond acceptors (Lipinski definition) is 7. The van der Waals surface area contributed by atoms with Crippen LogP contribution >= 0.6 is 23.4 Å². The van der Waals surface area contributed by atoms with Crippen molar-refractivity contribution in [2.75, 3.05) is 11.9 Å². The molecule has 0 unspecified atom stereocenters. The topological polar surface area (TPSA) is 76.5 Å². The molecule has 2 aromatic rings. The van der Waals surface area contributed by atoms with E-state index in [9.17, 15) is 0 Å². The third kappa shape index (κ3) is 3.50. The highest BCUT2D eigenvalue weighted by molar-refractivity contribution is 7.99. The zero-order valence-electron chi connectivity index (χ0n) is 8.96. The van der Waals surface area contributed by atoms with Gasteiger partial charge in [0.15, 0.2) is 5.16 Å². The van der Waals surface area contributed by atoms with E-state index in [4.69, 9.17) is 11.6 Å². The van der Waals surface area contributed by atoms with E-state index in [0.717, 1.165) is 11.6 Å². The SMILES string of the molecule is CCNc1nc(Cl)nc(Sc2ccncn2)n1. The summed E-state index contributed by atoms with van der Waals surface area (Å²) in [5.41, 5.74) is 0. The number of anilines is 1. The Morgan fingerprint density at radius 2 is 2.24 bits per heavy atom. The first kappa shape index (κ1) is 12.0. The van der Waals surface area contributed by atoms with Crippen LogP contribution in [0.5, 0.6) is 0 Å². The van der Waals surface area contributed by atoms with E-state index in [2.05, 4.69) is 30.2 Å². The zero-order valence-corrected chi connectivity index (χ0v) is 10.5. The van der Waals surface area contributed by atoms with Crippen LogP contribution in [0.4, 0.5) is 5.95 Å². The van der Waals surface area contributed by atoms with Crippen LogP contribution in [0.2, 0.25) is 5.28 Å². The van der Waals surface area contributed by atoms with Gasteiger partial charge in [-0.1, -0.05) is 0 Å². The van der Waals surface area contributed by atoms with E-state index in [-0.39, 0.29) is 5.28 Å². The molecule has 0 amide bonds. The molecule has 17 heavy (non-hydrogen) atoms. The molecule has 0 aromatic carbocycles. The minimum atomic E-state index is 0.160. The lowest BCUT2D eigenvalue weighted by Gasteiger charge is -2.03. The van der Waals surface area contributed by atoms with Crippen molar-refractivity contribution in [2.24, 2.45) is 0 Å². The lowest BCUT2D eigenvalue weighted by molar-refractivity contribution is 0.894. The maximum atomic E-state index is 5.80. The van der Waals surface area contributed by atoms with Crippen molar-refractivity contribution < 1.29 is 0 Å². The van der Waals surface area contributed by atoms with Crippen LogP contribution in [0.3, 0.4) is 0 Å². The summed E-state index contributed by atoms with van der Waals surface area (Å²) in [7, 11) is 0. The largest absolute Gasteiger partial charge is 0.354 e. The Hall–Kier alpha value is -1.47. The summed E-state index contributed by atoms with van der Waals surface area (Å²) in [6.45, 7) is 2.67. The Morgan fingerprint density at radius 3 is 2.94 bits per heavy atom. The normalized spacial score (nSPS) is 10.2. The molecule has 6 nitrogen and oxygen atoms in total. The van der Waals surface area contributed by atoms with Gasteiger partial charge in [0, 0.05) is 12.7 Å². The summed E-state index contributed by atoms with van der Waals surface area (Å²) in [5.74, 6) is 0.462. The zero-order chi connectivity index (χ0) is 12.1. The van der Waals surface area contributed by atoms with Crippen LogP contribution in [0.25, 0.3) is 0 Å². The van der Waals surface area contributed by atoms with E-state index in [1.54, 1.807) is 12.3 Å². The molecular formula is C9H9ClN6S. The van der Waals surface area contributed by atoms with Crippen molar-refractivity contribution in [3.63, 3.8) is 0 Å². The Balaban J connectivity index is 2.21. The van der Waals surface area contributed by atoms with Crippen molar-refractivity contribution in [3.8, 4) is 0 Å². The minimum Gasteiger partial charge on any atom is -0.354 e. The molecule has 0 fully saturated rings. The predicted molar refractivity (Wildman–Crippen MR) is 65.2 cm³/mol. The van der Waals surface area contributed by atoms with Gasteiger partial charge in [0.05, 0.1) is 0 Å². The molecule has 0 spiro atoms. The highest BCUT2D eigenvalue weighted by atomic mass is 35.5. The van der Waals surface area contributed by atoms with Gasteiger partial charge >= 0.3 is 0 Å². The van der Waals surface area contributed by atoms with Crippen LogP contribution in [-0.4, -0.2) is 31.5 Å². The van der Waals surface area contributed by atoms with Gasteiger partial charge in [0.1, 0.15) is 11.4 Å². The summed E-state index contributed by atoms with van der Waals surface area (Å²) in [6.07, 6.45) is 3.12. The first-order chi connectivity index (χ1) is 8.28. The molecule has 2 rings (SSSR count). The van der Waals surface area contributed by atoms with Crippen molar-refractivity contribution >= 4 is 29.3 Å². The van der Waals surface area contributed by atoms with Crippen LogP contribution < -0.4 is 5.32 Å². The number of halogens is 1. The smallest absolute Gasteiger partial charge is 0.228 e. The highest BCUT2D eigenvalue weighted by Crippen LogP contribution is 2.23. The fourth-order valence-electron chi connectivity index (χ4n) is 1.05. The molecule has 8 heteroatoms. The number of nitrogens with one attached hydrogen (secondary N) is 1. The second-order valence-corrected chi connectivity index (χ2v) is 4.22. The summed E-state index contributed by atoms with van der Waals surface area (Å²) < 4.78 is 0. The molecule has 0 bridgehead atoms. The molecule has 88 valence electrons. The monoisotopic (exact) mass is 268 g/mol. The summed E-state index contributed by atoms with van der Waals surface area (Å²) in [5, 5.41) is 4.40. The molecule has 0 saturated carbocycles. The molecule has 0 radical (unpaired) electrons. The van der Waals surface area contributed by atoms with Crippen molar-refractivity contribution in [1.29, 1.82) is 0 Å². The first-order valence-corrected chi connectivity index (χ1v) is 6.06. The highest BCUT2D eigenvalue weighted by Gasteiger charge is 2.06. The molecule has 0 aliphatic heterocycles. The molecule has 0 saturated heterocycles. The van der Waals surface area contributed by atoms with Crippen molar-refractivity contribution in [3.05, 3.63) is 23.9 Å². The average molecular weight is 269 g/mol. The fraction of sp³-hybridized carbons (Fsp3) is 0.222. The minimum absolute atomic E-state index is 0.160. The third-order valence-corrected chi connectivity index (χ3v) is 2.66. The Kier molecular flexibility index (Phi) is 4.05. The van der Waals surface area contributed by atoms with Crippen LogP contribution in [0.1, 0.15) is 6.92 Å². The second-order valence-electron chi connectivity index (χ2n) is 2.89. The number of nitrogens with zero attached hydrogens (tertiary/aromatic N) is 5. The van der Waals surface area contributed by atoms with E-state index < -0.39 is 0 Å². The van der Waals surface area contributed by atoms with Gasteiger partial charge < -0.3 is 5.32 Å². The standard InChI is InChI=1S/C9H9ClN6S/c1-2-12-8-14-7(10)15-9(16-8)17-6-3-4-11-5-13-6/h3-5H,2H2,1H3,(H,12,14,15,16). The van der Waals surface area contributed by atoms with Gasteiger partial charge in [-0.25, -0.2) is 9.97 Å². The first-order valence-electron chi connectivity index (χ1n) is 4.87. The summed E-state index contributed by atoms with van der Waals surface area (Å²) in [4.78, 5) is 20.1. The molecule has 0 atom stereocenters. The number of hydrogen-bond donors (Lipinski definition) is 1. The predicted octanol–water partition coefficient (Wildman–Crippen LogP) is 1.90. The maximum absolute atomic E-state index is 5.80. The van der Waals surface area contributed by atoms with Crippen molar-refractivity contribution in [1.82, 2.24) is 24.9 Å². The van der Waals surface area contributed by atoms with Crippen LogP contribution in [0.15, 0.2) is 28.8 Å². The number of rotatable bonds is 4. The molecule has 0 aliphatic rings. The average Bonchev–Trinajstić information content (AvgIpc) is 2.30. The summed E-state index contributed by atoms with van der Waals surface area (Å²) >= 11 is 7.11. The van der Waals surface area contributed by atoms with E-state index in [1.165, 1.54) is 18.1 Å². The molecular weight excluding hydrogens is 260 g/mol. The van der Waals surface area contributed by atoms with E-state index in [1.807, 2.05) is 6.92 Å². The van der Waals surface area contributed by atoms with Gasteiger partial charge in [-0.2, -0.15) is 15.0 Å². The van der Waals surface area contributed by atoms with Gasteiger partial charge in [-0.3, -0.25) is 0 Å². The molecule has 1 N–H and O–H groups in total. The van der Waals surface area contributed by atoms with Gasteiger partial charge in [-0.15, -0.1) is 0 Å². The van der Waals surface area contributed by atoms with Gasteiger partial charge in [0.2, 0.25) is 11.2 Å². The molecule has 2 aromatic heterocycles. The molecule has 2 heterocycles. The Morgan fingerprint density at radius 1 is 1.35 bits per heavy atom. The fourth-order valence-corrected chi connectivity index (χ4v) is 1.94. The van der Waals surface area contributed by atoms with E-state index in [0.29, 0.717) is 11.1 Å². The molecule has 0 aliphatic carbocycles. The van der Waals surface area contributed by atoms with Crippen LogP contribution in [0, 0.1) is 0 Å². The quantitative estimate of drug-likeness (QED) is 0.849. The van der Waals surface area contributed by atoms with Gasteiger partial charge in [0.25, 0.3) is 0 Å². The number of aromatic nitrogens is 5. The van der Waals surface area contributed by atoms with Gasteiger partial charge in [-0.05, 0) is 36.4 Å². The van der Waals surface area contributed by atoms with Crippen molar-refractivity contribution in [2.45, 2.75) is 17.1 Å². The van der Waals surface area contributed by atoms with E-state index >= 15 is 0 Å². The Bertz CT molecular complexity index is 494. The van der Waals surface area contributed by atoms with Crippen LogP contribution in [-0.2, 0) is 0 Å². The lowest BCUT2D eigenvalue weighted by atomic mass is 10.7. The summed E-state index contributed by atoms with van der Waals surface area (Å²) in [6, 6.07) is 1.77. The lowest BCUT2D eigenvalue weighted by Crippen LogP contribution is -2.04. The Labute approximate surface area is 107 Å². The second kappa shape index (κ2) is 5.74. The third-order valence-electron chi connectivity index (χ3n) is 1.67. The maximum Gasteiger partial charge on any atom is 0.228 e.